The third-order valence-electron chi connectivity index (χ3n) is 2.78. The maximum absolute atomic E-state index is 10.2. The fraction of sp³-hybridized carbons (Fsp3) is 0.222. The number of aliphatic carboxylic acids is 2. The Kier molecular flexibility index (Phi) is 9.80. The predicted molar refractivity (Wildman–Crippen MR) is 97.4 cm³/mol. The summed E-state index contributed by atoms with van der Waals surface area (Å²) < 4.78 is 0. The van der Waals surface area contributed by atoms with Crippen molar-refractivity contribution in [2.24, 2.45) is 0 Å². The van der Waals surface area contributed by atoms with Crippen LogP contribution < -0.4 is 5.32 Å². The third kappa shape index (κ3) is 10.3. The smallest absolute Gasteiger partial charge is 0.313 e. The first-order chi connectivity index (χ1) is 11.6. The molecule has 0 aliphatic carbocycles. The molecule has 0 unspecified atom stereocenters. The zero-order valence-corrected chi connectivity index (χ0v) is 14.0. The Morgan fingerprint density at radius 3 is 2.00 bits per heavy atom. The van der Waals surface area contributed by atoms with Gasteiger partial charge in [0.2, 0.25) is 0 Å². The summed E-state index contributed by atoms with van der Waals surface area (Å²) in [4.78, 5) is 20.3. The fourth-order valence-electron chi connectivity index (χ4n) is 1.70. The van der Waals surface area contributed by atoms with Crippen molar-refractivity contribution in [2.75, 3.05) is 17.6 Å². The maximum atomic E-state index is 10.2. The van der Waals surface area contributed by atoms with Crippen LogP contribution in [-0.4, -0.2) is 34.4 Å². The van der Waals surface area contributed by atoms with E-state index in [-0.39, 0.29) is 12.2 Å². The number of thioether (sulfide) groups is 1. The van der Waals surface area contributed by atoms with Crippen molar-refractivity contribution in [1.29, 1.82) is 0 Å². The quantitative estimate of drug-likeness (QED) is 0.677. The van der Waals surface area contributed by atoms with Crippen molar-refractivity contribution >= 4 is 29.4 Å². The predicted octanol–water partition coefficient (Wildman–Crippen LogP) is 3.58. The van der Waals surface area contributed by atoms with E-state index in [1.165, 1.54) is 17.3 Å². The molecule has 0 fully saturated rings. The molecule has 0 spiro atoms. The molecule has 5 nitrogen and oxygen atoms in total. The Balaban J connectivity index is 0.000000240. The lowest BCUT2D eigenvalue weighted by molar-refractivity contribution is -0.137. The summed E-state index contributed by atoms with van der Waals surface area (Å²) in [6, 6.07) is 19.4. The summed E-state index contributed by atoms with van der Waals surface area (Å²) >= 11 is 1.41. The van der Waals surface area contributed by atoms with E-state index in [1.54, 1.807) is 0 Å². The van der Waals surface area contributed by atoms with E-state index < -0.39 is 11.9 Å². The normalized spacial score (nSPS) is 9.50. The Hall–Kier alpha value is -2.47. The lowest BCUT2D eigenvalue weighted by Crippen LogP contribution is -2.07. The molecule has 2 aromatic rings. The highest BCUT2D eigenvalue weighted by molar-refractivity contribution is 7.99. The van der Waals surface area contributed by atoms with Gasteiger partial charge in [-0.3, -0.25) is 9.59 Å². The van der Waals surface area contributed by atoms with E-state index in [9.17, 15) is 9.59 Å². The van der Waals surface area contributed by atoms with Gasteiger partial charge in [0, 0.05) is 18.0 Å². The van der Waals surface area contributed by atoms with Crippen molar-refractivity contribution in [2.45, 2.75) is 12.2 Å². The van der Waals surface area contributed by atoms with Crippen LogP contribution in [0.1, 0.15) is 12.0 Å². The van der Waals surface area contributed by atoms with Crippen LogP contribution in [0.2, 0.25) is 0 Å². The molecule has 128 valence electrons. The van der Waals surface area contributed by atoms with E-state index in [2.05, 4.69) is 5.32 Å². The molecule has 6 heteroatoms. The Morgan fingerprint density at radius 2 is 1.46 bits per heavy atom. The van der Waals surface area contributed by atoms with Gasteiger partial charge in [-0.15, -0.1) is 11.8 Å². The van der Waals surface area contributed by atoms with Crippen molar-refractivity contribution in [3.63, 3.8) is 0 Å². The minimum Gasteiger partial charge on any atom is -0.481 e. The number of carbonyl (C=O) groups is 2. The van der Waals surface area contributed by atoms with Crippen LogP contribution in [0.25, 0.3) is 0 Å². The molecule has 2 aromatic carbocycles. The summed E-state index contributed by atoms with van der Waals surface area (Å²) in [6.45, 7) is 0.472. The summed E-state index contributed by atoms with van der Waals surface area (Å²) in [6.07, 6.45) is 0.148. The number of rotatable bonds is 8. The Morgan fingerprint density at radius 1 is 0.875 bits per heavy atom. The molecule has 0 aliphatic heterocycles. The number of para-hydroxylation sites is 1. The van der Waals surface area contributed by atoms with Crippen molar-refractivity contribution in [3.8, 4) is 0 Å². The van der Waals surface area contributed by atoms with E-state index in [0.717, 1.165) is 11.4 Å². The summed E-state index contributed by atoms with van der Waals surface area (Å²) in [5.41, 5.74) is 2.13. The monoisotopic (exact) mass is 347 g/mol. The lowest BCUT2D eigenvalue weighted by atomic mass is 10.2. The standard InChI is InChI=1S/C9H11NO2.C9H10O2S/c11-9(12)6-7-10-8-4-2-1-3-5-8;10-9(11)7-12-6-8-4-2-1-3-5-8/h1-5,10H,6-7H2,(H,11,12);1-5H,6-7H2,(H,10,11). The van der Waals surface area contributed by atoms with Crippen LogP contribution in [-0.2, 0) is 15.3 Å². The number of hydrogen-bond acceptors (Lipinski definition) is 4. The second-order valence-electron chi connectivity index (χ2n) is 4.81. The van der Waals surface area contributed by atoms with Crippen molar-refractivity contribution < 1.29 is 19.8 Å². The SMILES string of the molecule is O=C(O)CCNc1ccccc1.O=C(O)CSCc1ccccc1. The molecule has 0 aromatic heterocycles. The first-order valence-electron chi connectivity index (χ1n) is 7.42. The van der Waals surface area contributed by atoms with Gasteiger partial charge >= 0.3 is 11.9 Å². The van der Waals surface area contributed by atoms with Gasteiger partial charge in [0.05, 0.1) is 12.2 Å². The van der Waals surface area contributed by atoms with E-state index in [4.69, 9.17) is 10.2 Å². The number of anilines is 1. The van der Waals surface area contributed by atoms with Gasteiger partial charge in [-0.1, -0.05) is 48.5 Å². The first-order valence-corrected chi connectivity index (χ1v) is 8.57. The molecule has 3 N–H and O–H groups in total. The Bertz CT molecular complexity index is 549. The van der Waals surface area contributed by atoms with E-state index >= 15 is 0 Å². The van der Waals surface area contributed by atoms with Crippen molar-refractivity contribution in [3.05, 3.63) is 66.2 Å². The number of carboxylic acid groups (broad SMARTS) is 2. The molecule has 0 heterocycles. The van der Waals surface area contributed by atoms with Gasteiger partial charge in [-0.2, -0.15) is 0 Å². The number of hydrogen-bond donors (Lipinski definition) is 3. The molecule has 0 aliphatic rings. The highest BCUT2D eigenvalue weighted by Gasteiger charge is 1.97. The topological polar surface area (TPSA) is 86.6 Å². The minimum atomic E-state index is -0.779. The molecule has 24 heavy (non-hydrogen) atoms. The summed E-state index contributed by atoms with van der Waals surface area (Å²) in [7, 11) is 0. The van der Waals surface area contributed by atoms with Crippen LogP contribution in [0.4, 0.5) is 5.69 Å². The lowest BCUT2D eigenvalue weighted by Gasteiger charge is -2.02. The van der Waals surface area contributed by atoms with Gasteiger partial charge in [0.15, 0.2) is 0 Å². The molecule has 0 bridgehead atoms. The molecule has 0 atom stereocenters. The fourth-order valence-corrected chi connectivity index (χ4v) is 2.41. The van der Waals surface area contributed by atoms with E-state index in [1.807, 2.05) is 60.7 Å². The highest BCUT2D eigenvalue weighted by Crippen LogP contribution is 2.10. The van der Waals surface area contributed by atoms with Gasteiger partial charge < -0.3 is 15.5 Å². The molecule has 0 radical (unpaired) electrons. The van der Waals surface area contributed by atoms with Gasteiger partial charge in [0.25, 0.3) is 0 Å². The molecule has 2 rings (SSSR count). The maximum Gasteiger partial charge on any atom is 0.313 e. The average Bonchev–Trinajstić information content (AvgIpc) is 2.57. The number of benzene rings is 2. The highest BCUT2D eigenvalue weighted by atomic mass is 32.2. The molecular weight excluding hydrogens is 326 g/mol. The second kappa shape index (κ2) is 12.0. The zero-order chi connectivity index (χ0) is 17.6. The largest absolute Gasteiger partial charge is 0.481 e. The van der Waals surface area contributed by atoms with E-state index in [0.29, 0.717) is 6.54 Å². The molecule has 0 saturated carbocycles. The van der Waals surface area contributed by atoms with Gasteiger partial charge in [0.1, 0.15) is 0 Å². The first kappa shape index (κ1) is 19.6. The summed E-state index contributed by atoms with van der Waals surface area (Å²) in [5.74, 6) is -0.587. The number of nitrogens with one attached hydrogen (secondary N) is 1. The minimum absolute atomic E-state index is 0.148. The average molecular weight is 347 g/mol. The van der Waals surface area contributed by atoms with Crippen molar-refractivity contribution in [1.82, 2.24) is 0 Å². The van der Waals surface area contributed by atoms with Crippen LogP contribution in [0.3, 0.4) is 0 Å². The van der Waals surface area contributed by atoms with Crippen LogP contribution in [0.15, 0.2) is 60.7 Å². The third-order valence-corrected chi connectivity index (χ3v) is 3.77. The van der Waals surface area contributed by atoms with Crippen LogP contribution >= 0.6 is 11.8 Å². The van der Waals surface area contributed by atoms with Gasteiger partial charge in [-0.05, 0) is 17.7 Å². The van der Waals surface area contributed by atoms with Gasteiger partial charge in [-0.25, -0.2) is 0 Å². The van der Waals surface area contributed by atoms with Crippen LogP contribution in [0.5, 0.6) is 0 Å². The molecular formula is C18H21NO4S. The second-order valence-corrected chi connectivity index (χ2v) is 5.79. The zero-order valence-electron chi connectivity index (χ0n) is 13.2. The Labute approximate surface area is 145 Å². The molecule has 0 amide bonds. The molecule has 0 saturated heterocycles. The summed E-state index contributed by atoms with van der Waals surface area (Å²) in [5, 5.41) is 19.7. The van der Waals surface area contributed by atoms with Crippen LogP contribution in [0, 0.1) is 0 Å². The number of carboxylic acids is 2.